The van der Waals surface area contributed by atoms with Gasteiger partial charge >= 0.3 is 5.97 Å². The molecular formula is C13H19NO2S. The molecule has 0 bridgehead atoms. The Bertz CT molecular complexity index is 429. The largest absolute Gasteiger partial charge is 0.481 e. The minimum Gasteiger partial charge on any atom is -0.481 e. The number of likely N-dealkylation sites (tertiary alicyclic amines) is 1. The number of aryl methyl sites for hydroxylation is 1. The molecule has 3 nitrogen and oxygen atoms in total. The van der Waals surface area contributed by atoms with Crippen molar-refractivity contribution in [2.24, 2.45) is 5.41 Å². The Kier molecular flexibility index (Phi) is 3.27. The summed E-state index contributed by atoms with van der Waals surface area (Å²) < 4.78 is 0. The molecule has 2 atom stereocenters. The highest BCUT2D eigenvalue weighted by Gasteiger charge is 2.42. The van der Waals surface area contributed by atoms with Crippen LogP contribution in [-0.2, 0) is 4.79 Å². The van der Waals surface area contributed by atoms with Gasteiger partial charge in [0, 0.05) is 17.5 Å². The minimum absolute atomic E-state index is 0.330. The van der Waals surface area contributed by atoms with Gasteiger partial charge in [0.05, 0.1) is 5.41 Å². The topological polar surface area (TPSA) is 40.5 Å². The van der Waals surface area contributed by atoms with Crippen LogP contribution in [0, 0.1) is 12.3 Å². The quantitative estimate of drug-likeness (QED) is 0.900. The molecule has 0 radical (unpaired) electrons. The van der Waals surface area contributed by atoms with Gasteiger partial charge in [0.2, 0.25) is 0 Å². The zero-order chi connectivity index (χ0) is 12.6. The van der Waals surface area contributed by atoms with Crippen LogP contribution in [0.3, 0.4) is 0 Å². The molecule has 1 N–H and O–H groups in total. The maximum Gasteiger partial charge on any atom is 0.310 e. The second kappa shape index (κ2) is 4.42. The SMILES string of the molecule is Cc1ccsc1C(C)N1CCC(C)(C(=O)O)C1. The van der Waals surface area contributed by atoms with Crippen LogP contribution in [0.25, 0.3) is 0 Å². The summed E-state index contributed by atoms with van der Waals surface area (Å²) in [5.41, 5.74) is 0.741. The molecule has 2 unspecified atom stereocenters. The molecule has 0 aromatic carbocycles. The summed E-state index contributed by atoms with van der Waals surface area (Å²) in [4.78, 5) is 14.9. The highest BCUT2D eigenvalue weighted by atomic mass is 32.1. The van der Waals surface area contributed by atoms with Crippen LogP contribution < -0.4 is 0 Å². The molecule has 0 spiro atoms. The Morgan fingerprint density at radius 3 is 2.82 bits per heavy atom. The van der Waals surface area contributed by atoms with E-state index in [0.717, 1.165) is 13.0 Å². The van der Waals surface area contributed by atoms with Crippen molar-refractivity contribution in [3.8, 4) is 0 Å². The summed E-state index contributed by atoms with van der Waals surface area (Å²) in [6.45, 7) is 7.67. The maximum atomic E-state index is 11.2. The first-order valence-electron chi connectivity index (χ1n) is 5.95. The fourth-order valence-electron chi connectivity index (χ4n) is 2.48. The number of hydrogen-bond acceptors (Lipinski definition) is 3. The van der Waals surface area contributed by atoms with Gasteiger partial charge in [-0.25, -0.2) is 0 Å². The molecule has 2 heterocycles. The second-order valence-electron chi connectivity index (χ2n) is 5.23. The maximum absolute atomic E-state index is 11.2. The van der Waals surface area contributed by atoms with E-state index < -0.39 is 11.4 Å². The van der Waals surface area contributed by atoms with Gasteiger partial charge in [0.25, 0.3) is 0 Å². The van der Waals surface area contributed by atoms with Gasteiger partial charge in [-0.05, 0) is 50.7 Å². The van der Waals surface area contributed by atoms with E-state index in [9.17, 15) is 9.90 Å². The molecule has 1 aromatic heterocycles. The van der Waals surface area contributed by atoms with Crippen molar-refractivity contribution in [1.29, 1.82) is 0 Å². The molecular weight excluding hydrogens is 234 g/mol. The van der Waals surface area contributed by atoms with Gasteiger partial charge in [-0.2, -0.15) is 0 Å². The van der Waals surface area contributed by atoms with E-state index >= 15 is 0 Å². The molecule has 1 fully saturated rings. The average molecular weight is 253 g/mol. The van der Waals surface area contributed by atoms with E-state index in [1.807, 2.05) is 6.92 Å². The fraction of sp³-hybridized carbons (Fsp3) is 0.615. The Hall–Kier alpha value is -0.870. The predicted octanol–water partition coefficient (Wildman–Crippen LogP) is 2.91. The van der Waals surface area contributed by atoms with Crippen molar-refractivity contribution in [3.63, 3.8) is 0 Å². The molecule has 94 valence electrons. The standard InChI is InChI=1S/C13H19NO2S/c1-9-4-7-17-11(9)10(2)14-6-5-13(3,8-14)12(15)16/h4,7,10H,5-6,8H2,1-3H3,(H,15,16). The molecule has 0 saturated carbocycles. The lowest BCUT2D eigenvalue weighted by molar-refractivity contribution is -0.147. The van der Waals surface area contributed by atoms with Gasteiger partial charge in [-0.1, -0.05) is 0 Å². The Balaban J connectivity index is 2.12. The first-order valence-corrected chi connectivity index (χ1v) is 6.83. The number of carbonyl (C=O) groups is 1. The van der Waals surface area contributed by atoms with E-state index in [4.69, 9.17) is 0 Å². The molecule has 2 rings (SSSR count). The van der Waals surface area contributed by atoms with Crippen LogP contribution >= 0.6 is 11.3 Å². The zero-order valence-corrected chi connectivity index (χ0v) is 11.4. The van der Waals surface area contributed by atoms with Crippen LogP contribution in [0.2, 0.25) is 0 Å². The third kappa shape index (κ3) is 2.24. The van der Waals surface area contributed by atoms with Gasteiger partial charge in [-0.3, -0.25) is 9.69 Å². The summed E-state index contributed by atoms with van der Waals surface area (Å²) >= 11 is 1.76. The fourth-order valence-corrected chi connectivity index (χ4v) is 3.50. The number of thiophene rings is 1. The first-order chi connectivity index (χ1) is 7.94. The molecule has 1 aliphatic heterocycles. The number of hydrogen-bond donors (Lipinski definition) is 1. The van der Waals surface area contributed by atoms with Gasteiger partial charge in [-0.15, -0.1) is 11.3 Å². The van der Waals surface area contributed by atoms with Crippen molar-refractivity contribution in [1.82, 2.24) is 4.90 Å². The number of nitrogens with zero attached hydrogens (tertiary/aromatic N) is 1. The Morgan fingerprint density at radius 1 is 1.65 bits per heavy atom. The van der Waals surface area contributed by atoms with Crippen molar-refractivity contribution < 1.29 is 9.90 Å². The molecule has 0 amide bonds. The van der Waals surface area contributed by atoms with Gasteiger partial charge in [0.1, 0.15) is 0 Å². The van der Waals surface area contributed by atoms with Crippen LogP contribution in [-0.4, -0.2) is 29.1 Å². The Labute approximate surface area is 106 Å². The lowest BCUT2D eigenvalue weighted by atomic mass is 9.90. The smallest absolute Gasteiger partial charge is 0.310 e. The normalized spacial score (nSPS) is 27.2. The van der Waals surface area contributed by atoms with E-state index in [1.54, 1.807) is 11.3 Å². The average Bonchev–Trinajstić information content (AvgIpc) is 2.85. The van der Waals surface area contributed by atoms with Crippen LogP contribution in [0.5, 0.6) is 0 Å². The summed E-state index contributed by atoms with van der Waals surface area (Å²) in [7, 11) is 0. The number of carboxylic acids is 1. The highest BCUT2D eigenvalue weighted by molar-refractivity contribution is 7.10. The molecule has 0 aliphatic carbocycles. The highest BCUT2D eigenvalue weighted by Crippen LogP contribution is 2.37. The van der Waals surface area contributed by atoms with Crippen LogP contribution in [0.15, 0.2) is 11.4 Å². The van der Waals surface area contributed by atoms with E-state index in [1.165, 1.54) is 10.4 Å². The van der Waals surface area contributed by atoms with Crippen molar-refractivity contribution in [2.45, 2.75) is 33.2 Å². The van der Waals surface area contributed by atoms with Crippen LogP contribution in [0.4, 0.5) is 0 Å². The van der Waals surface area contributed by atoms with Gasteiger partial charge < -0.3 is 5.11 Å². The predicted molar refractivity (Wildman–Crippen MR) is 69.4 cm³/mol. The third-order valence-electron chi connectivity index (χ3n) is 3.85. The second-order valence-corrected chi connectivity index (χ2v) is 6.18. The zero-order valence-electron chi connectivity index (χ0n) is 10.6. The monoisotopic (exact) mass is 253 g/mol. The molecule has 17 heavy (non-hydrogen) atoms. The summed E-state index contributed by atoms with van der Waals surface area (Å²) in [5.74, 6) is -0.671. The van der Waals surface area contributed by atoms with Crippen molar-refractivity contribution in [3.05, 3.63) is 21.9 Å². The number of carboxylic acid groups (broad SMARTS) is 1. The molecule has 4 heteroatoms. The first kappa shape index (κ1) is 12.6. The lowest BCUT2D eigenvalue weighted by Crippen LogP contribution is -2.32. The summed E-state index contributed by atoms with van der Waals surface area (Å²) in [6.07, 6.45) is 0.747. The lowest BCUT2D eigenvalue weighted by Gasteiger charge is -2.25. The molecule has 1 saturated heterocycles. The summed E-state index contributed by atoms with van der Waals surface area (Å²) in [5, 5.41) is 11.3. The van der Waals surface area contributed by atoms with Crippen LogP contribution in [0.1, 0.15) is 36.8 Å². The van der Waals surface area contributed by atoms with E-state index in [2.05, 4.69) is 30.2 Å². The van der Waals surface area contributed by atoms with E-state index in [-0.39, 0.29) is 0 Å². The Morgan fingerprint density at radius 2 is 2.35 bits per heavy atom. The van der Waals surface area contributed by atoms with Crippen molar-refractivity contribution >= 4 is 17.3 Å². The number of rotatable bonds is 3. The molecule has 1 aliphatic rings. The van der Waals surface area contributed by atoms with Crippen molar-refractivity contribution in [2.75, 3.05) is 13.1 Å². The minimum atomic E-state index is -0.671. The third-order valence-corrected chi connectivity index (χ3v) is 5.04. The van der Waals surface area contributed by atoms with Gasteiger partial charge in [0.15, 0.2) is 0 Å². The number of aliphatic carboxylic acids is 1. The van der Waals surface area contributed by atoms with E-state index in [0.29, 0.717) is 12.6 Å². The summed E-state index contributed by atoms with van der Waals surface area (Å²) in [6, 6.07) is 2.46. The molecule has 1 aromatic rings.